The van der Waals surface area contributed by atoms with Gasteiger partial charge in [-0.05, 0) is 30.7 Å². The molecule has 3 N–H and O–H groups in total. The number of nitrogens with two attached hydrogens (primary N) is 1. The van der Waals surface area contributed by atoms with Crippen LogP contribution in [0.5, 0.6) is 0 Å². The molecule has 0 saturated heterocycles. The monoisotopic (exact) mass is 244 g/mol. The molecule has 1 heterocycles. The smallest absolute Gasteiger partial charge is 0.311 e. The van der Waals surface area contributed by atoms with Gasteiger partial charge in [-0.3, -0.25) is 10.1 Å². The van der Waals surface area contributed by atoms with Crippen LogP contribution in [0.2, 0.25) is 0 Å². The summed E-state index contributed by atoms with van der Waals surface area (Å²) in [7, 11) is 0. The van der Waals surface area contributed by atoms with Gasteiger partial charge in [0.25, 0.3) is 0 Å². The van der Waals surface area contributed by atoms with E-state index in [1.165, 1.54) is 12.1 Å². The molecule has 1 aromatic heterocycles. The summed E-state index contributed by atoms with van der Waals surface area (Å²) in [6.45, 7) is 1.98. The lowest BCUT2D eigenvalue weighted by molar-refractivity contribution is -0.384. The first kappa shape index (κ1) is 11.8. The SMILES string of the molecule is Cc1cccc(Nc2ccc([N+](=O)[O-])c(N)n2)c1. The van der Waals surface area contributed by atoms with Crippen molar-refractivity contribution in [2.75, 3.05) is 11.1 Å². The maximum atomic E-state index is 10.6. The fourth-order valence-electron chi connectivity index (χ4n) is 1.56. The molecule has 0 aliphatic carbocycles. The Morgan fingerprint density at radius 2 is 2.11 bits per heavy atom. The van der Waals surface area contributed by atoms with E-state index in [1.54, 1.807) is 0 Å². The highest BCUT2D eigenvalue weighted by Gasteiger charge is 2.12. The van der Waals surface area contributed by atoms with E-state index in [1.807, 2.05) is 31.2 Å². The van der Waals surface area contributed by atoms with Gasteiger partial charge in [-0.1, -0.05) is 12.1 Å². The number of rotatable bonds is 3. The summed E-state index contributed by atoms with van der Waals surface area (Å²) < 4.78 is 0. The van der Waals surface area contributed by atoms with Crippen LogP contribution in [0.4, 0.5) is 23.0 Å². The molecule has 2 aromatic rings. The predicted molar refractivity (Wildman–Crippen MR) is 69.8 cm³/mol. The van der Waals surface area contributed by atoms with Crippen LogP contribution in [-0.4, -0.2) is 9.91 Å². The van der Waals surface area contributed by atoms with E-state index in [0.717, 1.165) is 11.3 Å². The van der Waals surface area contributed by atoms with Gasteiger partial charge in [0.15, 0.2) is 0 Å². The van der Waals surface area contributed by atoms with Gasteiger partial charge < -0.3 is 11.1 Å². The van der Waals surface area contributed by atoms with E-state index < -0.39 is 4.92 Å². The lowest BCUT2D eigenvalue weighted by Crippen LogP contribution is -2.01. The molecule has 6 heteroatoms. The Labute approximate surface area is 104 Å². The van der Waals surface area contributed by atoms with Crippen LogP contribution in [0.25, 0.3) is 0 Å². The molecule has 0 fully saturated rings. The minimum absolute atomic E-state index is 0.0994. The molecule has 0 atom stereocenters. The molecule has 0 aliphatic heterocycles. The molecule has 92 valence electrons. The number of nitrogen functional groups attached to an aromatic ring is 1. The summed E-state index contributed by atoms with van der Waals surface area (Å²) in [5.41, 5.74) is 7.29. The number of aryl methyl sites for hydroxylation is 1. The van der Waals surface area contributed by atoms with Gasteiger partial charge in [0.1, 0.15) is 5.82 Å². The van der Waals surface area contributed by atoms with Crippen molar-refractivity contribution >= 4 is 23.0 Å². The fraction of sp³-hybridized carbons (Fsp3) is 0.0833. The second kappa shape index (κ2) is 4.70. The first-order chi connectivity index (χ1) is 8.56. The molecule has 0 amide bonds. The average Bonchev–Trinajstić information content (AvgIpc) is 2.28. The van der Waals surface area contributed by atoms with Crippen molar-refractivity contribution in [3.8, 4) is 0 Å². The number of nitrogens with one attached hydrogen (secondary N) is 1. The highest BCUT2D eigenvalue weighted by Crippen LogP contribution is 2.23. The first-order valence-corrected chi connectivity index (χ1v) is 5.31. The van der Waals surface area contributed by atoms with Crippen molar-refractivity contribution in [3.63, 3.8) is 0 Å². The summed E-state index contributed by atoms with van der Waals surface area (Å²) in [6, 6.07) is 10.6. The summed E-state index contributed by atoms with van der Waals surface area (Å²) in [6.07, 6.45) is 0. The number of aromatic nitrogens is 1. The molecular formula is C12H12N4O2. The zero-order valence-electron chi connectivity index (χ0n) is 9.75. The van der Waals surface area contributed by atoms with E-state index in [9.17, 15) is 10.1 Å². The number of anilines is 3. The number of hydrogen-bond donors (Lipinski definition) is 2. The number of benzene rings is 1. The molecule has 6 nitrogen and oxygen atoms in total. The minimum Gasteiger partial charge on any atom is -0.378 e. The molecule has 0 unspecified atom stereocenters. The third kappa shape index (κ3) is 2.54. The standard InChI is InChI=1S/C12H12N4O2/c1-8-3-2-4-9(7-8)14-11-6-5-10(16(17)18)12(13)15-11/h2-7H,1H3,(H3,13,14,15). The summed E-state index contributed by atoms with van der Waals surface area (Å²) >= 11 is 0. The van der Waals surface area contributed by atoms with E-state index in [0.29, 0.717) is 5.82 Å². The first-order valence-electron chi connectivity index (χ1n) is 5.31. The van der Waals surface area contributed by atoms with Gasteiger partial charge in [-0.2, -0.15) is 0 Å². The van der Waals surface area contributed by atoms with Crippen molar-refractivity contribution in [3.05, 3.63) is 52.1 Å². The Balaban J connectivity index is 2.25. The number of hydrogen-bond acceptors (Lipinski definition) is 5. The quantitative estimate of drug-likeness (QED) is 0.639. The van der Waals surface area contributed by atoms with E-state index >= 15 is 0 Å². The minimum atomic E-state index is -0.557. The highest BCUT2D eigenvalue weighted by atomic mass is 16.6. The van der Waals surface area contributed by atoms with E-state index in [-0.39, 0.29) is 11.5 Å². The molecule has 18 heavy (non-hydrogen) atoms. The molecule has 0 radical (unpaired) electrons. The van der Waals surface area contributed by atoms with Crippen molar-refractivity contribution in [2.45, 2.75) is 6.92 Å². The summed E-state index contributed by atoms with van der Waals surface area (Å²) in [4.78, 5) is 14.0. The van der Waals surface area contributed by atoms with Gasteiger partial charge in [0.05, 0.1) is 4.92 Å². The van der Waals surface area contributed by atoms with Gasteiger partial charge in [0.2, 0.25) is 5.82 Å². The average molecular weight is 244 g/mol. The lowest BCUT2D eigenvalue weighted by Gasteiger charge is -2.06. The Hall–Kier alpha value is -2.63. The summed E-state index contributed by atoms with van der Waals surface area (Å²) in [5.74, 6) is 0.376. The van der Waals surface area contributed by atoms with Gasteiger partial charge in [0, 0.05) is 11.8 Å². The maximum Gasteiger partial charge on any atom is 0.311 e. The van der Waals surface area contributed by atoms with Crippen LogP contribution >= 0.6 is 0 Å². The van der Waals surface area contributed by atoms with Crippen molar-refractivity contribution in [1.82, 2.24) is 4.98 Å². The van der Waals surface area contributed by atoms with E-state index in [4.69, 9.17) is 5.73 Å². The third-order valence-electron chi connectivity index (χ3n) is 2.39. The Kier molecular flexibility index (Phi) is 3.09. The molecule has 2 rings (SSSR count). The molecule has 1 aromatic carbocycles. The van der Waals surface area contributed by atoms with Gasteiger partial charge >= 0.3 is 5.69 Å². The Morgan fingerprint density at radius 1 is 1.33 bits per heavy atom. The fourth-order valence-corrected chi connectivity index (χ4v) is 1.56. The van der Waals surface area contributed by atoms with Gasteiger partial charge in [-0.15, -0.1) is 0 Å². The zero-order valence-corrected chi connectivity index (χ0v) is 9.75. The summed E-state index contributed by atoms with van der Waals surface area (Å²) in [5, 5.41) is 13.6. The number of nitro groups is 1. The van der Waals surface area contributed by atoms with Crippen LogP contribution in [0.3, 0.4) is 0 Å². The largest absolute Gasteiger partial charge is 0.378 e. The maximum absolute atomic E-state index is 10.6. The topological polar surface area (TPSA) is 94.1 Å². The van der Waals surface area contributed by atoms with Crippen LogP contribution in [0.15, 0.2) is 36.4 Å². The van der Waals surface area contributed by atoms with Gasteiger partial charge in [-0.25, -0.2) is 4.98 Å². The second-order valence-corrected chi connectivity index (χ2v) is 3.85. The third-order valence-corrected chi connectivity index (χ3v) is 2.39. The van der Waals surface area contributed by atoms with Crippen LogP contribution in [-0.2, 0) is 0 Å². The molecule has 0 saturated carbocycles. The van der Waals surface area contributed by atoms with Crippen LogP contribution < -0.4 is 11.1 Å². The normalized spacial score (nSPS) is 10.1. The van der Waals surface area contributed by atoms with Crippen molar-refractivity contribution in [2.24, 2.45) is 0 Å². The van der Waals surface area contributed by atoms with Crippen LogP contribution in [0, 0.1) is 17.0 Å². The number of nitrogens with zero attached hydrogens (tertiary/aromatic N) is 2. The lowest BCUT2D eigenvalue weighted by atomic mass is 10.2. The molecular weight excluding hydrogens is 232 g/mol. The molecule has 0 aliphatic rings. The number of pyridine rings is 1. The molecule has 0 bridgehead atoms. The Morgan fingerprint density at radius 3 is 2.72 bits per heavy atom. The van der Waals surface area contributed by atoms with Crippen LogP contribution in [0.1, 0.15) is 5.56 Å². The Bertz CT molecular complexity index is 598. The van der Waals surface area contributed by atoms with Crippen molar-refractivity contribution < 1.29 is 4.92 Å². The van der Waals surface area contributed by atoms with Crippen molar-refractivity contribution in [1.29, 1.82) is 0 Å². The van der Waals surface area contributed by atoms with E-state index in [2.05, 4.69) is 10.3 Å². The zero-order chi connectivity index (χ0) is 13.1. The predicted octanol–water partition coefficient (Wildman–Crippen LogP) is 2.62. The second-order valence-electron chi connectivity index (χ2n) is 3.85. The highest BCUT2D eigenvalue weighted by molar-refractivity contribution is 5.62. The molecule has 0 spiro atoms.